The first-order chi connectivity index (χ1) is 19.6. The molecule has 1 aliphatic heterocycles. The molecule has 0 aliphatic carbocycles. The minimum Gasteiger partial charge on any atom is -0.457 e. The molecule has 0 unspecified atom stereocenters. The van der Waals surface area contributed by atoms with E-state index in [1.54, 1.807) is 37.4 Å². The van der Waals surface area contributed by atoms with Crippen LogP contribution < -0.4 is 19.7 Å². The standard InChI is InChI=1S/C32H28N4O4/c1-35(30(37)27-15-9-11-22-10-5-6-14-26(22)27)29-31(36-21-8-7-16-28(36)34-29)40-32(38)33-23-17-19-25(20-18-23)39-24-12-3-2-4-13-24/h2-6,9-15,17-20H,7-8,16,21H2,1H3,(H,33,38). The summed E-state index contributed by atoms with van der Waals surface area (Å²) in [5.74, 6) is 2.51. The first-order valence-corrected chi connectivity index (χ1v) is 13.2. The van der Waals surface area contributed by atoms with Gasteiger partial charge in [0.15, 0.2) is 5.82 Å². The molecule has 1 N–H and O–H groups in total. The van der Waals surface area contributed by atoms with Crippen molar-refractivity contribution in [2.45, 2.75) is 25.8 Å². The number of nitrogens with one attached hydrogen (secondary N) is 1. The molecule has 8 nitrogen and oxygen atoms in total. The molecular formula is C32H28N4O4. The molecule has 6 rings (SSSR count). The predicted octanol–water partition coefficient (Wildman–Crippen LogP) is 7.05. The lowest BCUT2D eigenvalue weighted by molar-refractivity contribution is 0.0993. The lowest BCUT2D eigenvalue weighted by atomic mass is 10.0. The molecule has 0 bridgehead atoms. The smallest absolute Gasteiger partial charge is 0.418 e. The lowest BCUT2D eigenvalue weighted by Crippen LogP contribution is -2.28. The summed E-state index contributed by atoms with van der Waals surface area (Å²) >= 11 is 0. The molecule has 0 spiro atoms. The van der Waals surface area contributed by atoms with E-state index in [1.807, 2.05) is 71.3 Å². The molecule has 0 radical (unpaired) electrons. The number of aryl methyl sites for hydroxylation is 1. The van der Waals surface area contributed by atoms with Gasteiger partial charge in [0.25, 0.3) is 5.91 Å². The van der Waals surface area contributed by atoms with Gasteiger partial charge in [0.05, 0.1) is 0 Å². The number of para-hydroxylation sites is 1. The first kappa shape index (κ1) is 25.2. The maximum atomic E-state index is 13.7. The topological polar surface area (TPSA) is 85.7 Å². The molecule has 0 fully saturated rings. The Morgan fingerprint density at radius 1 is 0.850 bits per heavy atom. The molecule has 1 aromatic heterocycles. The van der Waals surface area contributed by atoms with Crippen molar-refractivity contribution >= 4 is 34.3 Å². The van der Waals surface area contributed by atoms with Gasteiger partial charge in [0, 0.05) is 31.3 Å². The van der Waals surface area contributed by atoms with Gasteiger partial charge < -0.3 is 9.47 Å². The number of hydrogen-bond acceptors (Lipinski definition) is 5. The number of anilines is 2. The van der Waals surface area contributed by atoms with E-state index in [-0.39, 0.29) is 11.8 Å². The fraction of sp³-hybridized carbons (Fsp3) is 0.156. The molecule has 0 atom stereocenters. The second kappa shape index (κ2) is 10.9. The average molecular weight is 533 g/mol. The fourth-order valence-corrected chi connectivity index (χ4v) is 4.91. The molecule has 0 saturated carbocycles. The summed E-state index contributed by atoms with van der Waals surface area (Å²) in [5.41, 5.74) is 1.10. The van der Waals surface area contributed by atoms with Crippen molar-refractivity contribution in [1.29, 1.82) is 0 Å². The van der Waals surface area contributed by atoms with Crippen molar-refractivity contribution in [2.75, 3.05) is 17.3 Å². The third-order valence-corrected chi connectivity index (χ3v) is 6.93. The van der Waals surface area contributed by atoms with Crippen molar-refractivity contribution in [3.05, 3.63) is 108 Å². The van der Waals surface area contributed by atoms with E-state index >= 15 is 0 Å². The second-order valence-electron chi connectivity index (χ2n) is 9.61. The molecule has 2 amide bonds. The minimum absolute atomic E-state index is 0.230. The van der Waals surface area contributed by atoms with Crippen LogP contribution in [0.2, 0.25) is 0 Å². The van der Waals surface area contributed by atoms with Gasteiger partial charge in [-0.05, 0) is 66.1 Å². The van der Waals surface area contributed by atoms with Crippen LogP contribution in [-0.4, -0.2) is 28.6 Å². The van der Waals surface area contributed by atoms with Gasteiger partial charge in [-0.15, -0.1) is 0 Å². The van der Waals surface area contributed by atoms with Crippen LogP contribution in [0.3, 0.4) is 0 Å². The van der Waals surface area contributed by atoms with Crippen LogP contribution in [0.1, 0.15) is 29.0 Å². The number of ether oxygens (including phenoxy) is 2. The van der Waals surface area contributed by atoms with E-state index in [0.717, 1.165) is 41.6 Å². The van der Waals surface area contributed by atoms with E-state index < -0.39 is 6.09 Å². The van der Waals surface area contributed by atoms with Crippen LogP contribution in [-0.2, 0) is 13.0 Å². The lowest BCUT2D eigenvalue weighted by Gasteiger charge is -2.19. The Hall–Kier alpha value is -5.11. The summed E-state index contributed by atoms with van der Waals surface area (Å²) in [6.07, 6.45) is 2.00. The number of amides is 2. The molecule has 40 heavy (non-hydrogen) atoms. The Morgan fingerprint density at radius 3 is 2.40 bits per heavy atom. The largest absolute Gasteiger partial charge is 0.457 e. The Kier molecular flexibility index (Phi) is 6.89. The van der Waals surface area contributed by atoms with Gasteiger partial charge in [-0.1, -0.05) is 54.6 Å². The Bertz CT molecular complexity index is 1670. The summed E-state index contributed by atoms with van der Waals surface area (Å²) in [5, 5.41) is 4.59. The number of hydrogen-bond donors (Lipinski definition) is 1. The number of carbonyl (C=O) groups excluding carboxylic acids is 2. The number of imidazole rings is 1. The van der Waals surface area contributed by atoms with Crippen molar-refractivity contribution in [3.8, 4) is 17.4 Å². The minimum atomic E-state index is -0.669. The highest BCUT2D eigenvalue weighted by atomic mass is 16.6. The van der Waals surface area contributed by atoms with E-state index in [9.17, 15) is 9.59 Å². The van der Waals surface area contributed by atoms with Gasteiger partial charge in [0.1, 0.15) is 17.3 Å². The van der Waals surface area contributed by atoms with Crippen molar-refractivity contribution < 1.29 is 19.1 Å². The fourth-order valence-electron chi connectivity index (χ4n) is 4.91. The van der Waals surface area contributed by atoms with Gasteiger partial charge >= 0.3 is 6.09 Å². The maximum absolute atomic E-state index is 13.7. The SMILES string of the molecule is CN(C(=O)c1cccc2ccccc12)c1nc2n(c1OC(=O)Nc1ccc(Oc3ccccc3)cc1)CCCC2. The van der Waals surface area contributed by atoms with Crippen LogP contribution in [0.25, 0.3) is 10.8 Å². The van der Waals surface area contributed by atoms with E-state index in [2.05, 4.69) is 5.32 Å². The summed E-state index contributed by atoms with van der Waals surface area (Å²) in [4.78, 5) is 32.9. The van der Waals surface area contributed by atoms with Gasteiger partial charge in [-0.25, -0.2) is 9.78 Å². The zero-order valence-corrected chi connectivity index (χ0v) is 22.0. The van der Waals surface area contributed by atoms with Crippen LogP contribution in [0.15, 0.2) is 97.1 Å². The molecule has 5 aromatic rings. The molecule has 8 heteroatoms. The highest BCUT2D eigenvalue weighted by molar-refractivity contribution is 6.14. The average Bonchev–Trinajstić information content (AvgIpc) is 3.35. The number of aromatic nitrogens is 2. The number of carbonyl (C=O) groups is 2. The van der Waals surface area contributed by atoms with E-state index in [0.29, 0.717) is 29.4 Å². The zero-order valence-electron chi connectivity index (χ0n) is 22.0. The van der Waals surface area contributed by atoms with Gasteiger partial charge in [0.2, 0.25) is 5.88 Å². The second-order valence-corrected chi connectivity index (χ2v) is 9.61. The third kappa shape index (κ3) is 5.11. The molecule has 1 aliphatic rings. The van der Waals surface area contributed by atoms with Crippen molar-refractivity contribution in [2.24, 2.45) is 0 Å². The Balaban J connectivity index is 1.22. The quantitative estimate of drug-likeness (QED) is 0.253. The normalized spacial score (nSPS) is 12.4. The van der Waals surface area contributed by atoms with Crippen LogP contribution in [0.4, 0.5) is 16.3 Å². The molecule has 0 saturated heterocycles. The van der Waals surface area contributed by atoms with Crippen LogP contribution in [0, 0.1) is 0 Å². The van der Waals surface area contributed by atoms with Crippen LogP contribution in [0.5, 0.6) is 17.4 Å². The molecular weight excluding hydrogens is 504 g/mol. The van der Waals surface area contributed by atoms with Gasteiger partial charge in [-0.2, -0.15) is 0 Å². The summed E-state index contributed by atoms with van der Waals surface area (Å²) < 4.78 is 13.5. The molecule has 2 heterocycles. The van der Waals surface area contributed by atoms with Gasteiger partial charge in [-0.3, -0.25) is 19.6 Å². The van der Waals surface area contributed by atoms with Crippen molar-refractivity contribution in [3.63, 3.8) is 0 Å². The summed E-state index contributed by atoms with van der Waals surface area (Å²) in [6, 6.07) is 29.9. The molecule has 200 valence electrons. The molecule has 4 aromatic carbocycles. The number of nitrogens with zero attached hydrogens (tertiary/aromatic N) is 3. The Labute approximate surface area is 231 Å². The van der Waals surface area contributed by atoms with Crippen molar-refractivity contribution in [1.82, 2.24) is 9.55 Å². The van der Waals surface area contributed by atoms with E-state index in [4.69, 9.17) is 14.5 Å². The van der Waals surface area contributed by atoms with E-state index in [1.165, 1.54) is 4.90 Å². The third-order valence-electron chi connectivity index (χ3n) is 6.93. The first-order valence-electron chi connectivity index (χ1n) is 13.2. The summed E-state index contributed by atoms with van der Waals surface area (Å²) in [6.45, 7) is 0.659. The number of fused-ring (bicyclic) bond motifs is 2. The maximum Gasteiger partial charge on any atom is 0.418 e. The number of benzene rings is 4. The monoisotopic (exact) mass is 532 g/mol. The highest BCUT2D eigenvalue weighted by Gasteiger charge is 2.29. The highest BCUT2D eigenvalue weighted by Crippen LogP contribution is 2.34. The number of rotatable bonds is 6. The predicted molar refractivity (Wildman–Crippen MR) is 154 cm³/mol. The zero-order chi connectivity index (χ0) is 27.5. The summed E-state index contributed by atoms with van der Waals surface area (Å²) in [7, 11) is 1.66. The van der Waals surface area contributed by atoms with Crippen LogP contribution >= 0.6 is 0 Å². The Morgan fingerprint density at radius 2 is 1.57 bits per heavy atom.